The van der Waals surface area contributed by atoms with E-state index in [0.717, 1.165) is 0 Å². The molecule has 1 aromatic carbocycles. The molecule has 0 N–H and O–H groups in total. The summed E-state index contributed by atoms with van der Waals surface area (Å²) < 4.78 is 0.299. The van der Waals surface area contributed by atoms with E-state index in [1.54, 1.807) is 12.1 Å². The largest absolute Gasteiger partial charge is 0.855 e. The van der Waals surface area contributed by atoms with Gasteiger partial charge >= 0.3 is 0 Å². The minimum atomic E-state index is -0.173. The van der Waals surface area contributed by atoms with Crippen LogP contribution in [-0.4, -0.2) is 31.6 Å². The number of benzene rings is 1. The first-order valence-corrected chi connectivity index (χ1v) is 4.13. The molecule has 0 fully saturated rings. The lowest BCUT2D eigenvalue weighted by molar-refractivity contribution is -0.878. The topological polar surface area (TPSA) is 35.4 Å². The highest BCUT2D eigenvalue weighted by molar-refractivity contribution is 5.89. The molecule has 0 amide bonds. The molecule has 0 aliphatic heterocycles. The van der Waals surface area contributed by atoms with E-state index in [9.17, 15) is 5.11 Å². The van der Waals surface area contributed by atoms with Gasteiger partial charge in [-0.05, 0) is 5.56 Å². The second kappa shape index (κ2) is 3.58. The summed E-state index contributed by atoms with van der Waals surface area (Å²) in [5.74, 6) is -0.173. The van der Waals surface area contributed by atoms with E-state index in [0.29, 0.717) is 10.2 Å². The molecule has 13 heavy (non-hydrogen) atoms. The Hall–Kier alpha value is -1.35. The molecule has 0 aliphatic rings. The Bertz CT molecular complexity index is 298. The van der Waals surface area contributed by atoms with Crippen LogP contribution in [0.2, 0.25) is 0 Å². The summed E-state index contributed by atoms with van der Waals surface area (Å²) >= 11 is 0. The van der Waals surface area contributed by atoms with Gasteiger partial charge in [0.15, 0.2) is 0 Å². The van der Waals surface area contributed by atoms with Crippen LogP contribution in [0.4, 0.5) is 0 Å². The van der Waals surface area contributed by atoms with Crippen LogP contribution in [0.25, 0.3) is 0 Å². The molecular formula is C10H14N2O. The van der Waals surface area contributed by atoms with E-state index < -0.39 is 0 Å². The van der Waals surface area contributed by atoms with E-state index in [-0.39, 0.29) is 5.90 Å². The number of hydrogen-bond donors (Lipinski definition) is 0. The van der Waals surface area contributed by atoms with Crippen molar-refractivity contribution in [2.45, 2.75) is 0 Å². The maximum atomic E-state index is 11.5. The molecule has 0 spiro atoms. The molecule has 0 bridgehead atoms. The van der Waals surface area contributed by atoms with Gasteiger partial charge in [-0.15, -0.1) is 0 Å². The van der Waals surface area contributed by atoms with Gasteiger partial charge in [0.2, 0.25) is 0 Å². The predicted octanol–water partition coefficient (Wildman–Crippen LogP) is 0.415. The number of hydrogen-bond acceptors (Lipinski definition) is 2. The van der Waals surface area contributed by atoms with Crippen LogP contribution in [-0.2, 0) is 0 Å². The van der Waals surface area contributed by atoms with Crippen LogP contribution in [0, 0.1) is 0 Å². The molecule has 0 radical (unpaired) electrons. The summed E-state index contributed by atoms with van der Waals surface area (Å²) in [5.41, 5.74) is 0.635. The normalized spacial score (nSPS) is 13.0. The third-order valence-corrected chi connectivity index (χ3v) is 1.41. The average Bonchev–Trinajstić information content (AvgIpc) is 2.03. The van der Waals surface area contributed by atoms with Crippen molar-refractivity contribution in [3.63, 3.8) is 0 Å². The van der Waals surface area contributed by atoms with Crippen molar-refractivity contribution >= 4 is 5.90 Å². The quantitative estimate of drug-likeness (QED) is 0.280. The maximum absolute atomic E-state index is 11.5. The van der Waals surface area contributed by atoms with Gasteiger partial charge < -0.3 is 5.11 Å². The molecule has 0 aliphatic carbocycles. The predicted molar refractivity (Wildman–Crippen MR) is 51.0 cm³/mol. The van der Waals surface area contributed by atoms with E-state index in [4.69, 9.17) is 0 Å². The Morgan fingerprint density at radius 3 is 2.15 bits per heavy atom. The van der Waals surface area contributed by atoms with E-state index in [2.05, 4.69) is 5.10 Å². The maximum Gasteiger partial charge on any atom is 0.0923 e. The zero-order chi connectivity index (χ0) is 9.90. The molecular weight excluding hydrogens is 164 g/mol. The number of quaternary nitrogens is 1. The van der Waals surface area contributed by atoms with Gasteiger partial charge in [-0.25, -0.2) is 4.59 Å². The second-order valence-corrected chi connectivity index (χ2v) is 3.71. The summed E-state index contributed by atoms with van der Waals surface area (Å²) in [6, 6.07) is 9.07. The van der Waals surface area contributed by atoms with Crippen LogP contribution in [0.3, 0.4) is 0 Å². The van der Waals surface area contributed by atoms with Crippen molar-refractivity contribution in [1.29, 1.82) is 0 Å². The van der Waals surface area contributed by atoms with Gasteiger partial charge in [0.1, 0.15) is 0 Å². The summed E-state index contributed by atoms with van der Waals surface area (Å²) in [7, 11) is 5.54. The summed E-state index contributed by atoms with van der Waals surface area (Å²) in [5, 5.41) is 15.5. The van der Waals surface area contributed by atoms with Crippen LogP contribution in [0.15, 0.2) is 35.4 Å². The molecule has 1 aromatic rings. The number of rotatable bonds is 2. The van der Waals surface area contributed by atoms with E-state index in [1.807, 2.05) is 39.3 Å². The zero-order valence-electron chi connectivity index (χ0n) is 8.19. The highest BCUT2D eigenvalue weighted by Gasteiger charge is 2.03. The van der Waals surface area contributed by atoms with Crippen LogP contribution < -0.4 is 5.11 Å². The summed E-state index contributed by atoms with van der Waals surface area (Å²) in [6.07, 6.45) is 0. The Balaban J connectivity index is 2.92. The first kappa shape index (κ1) is 9.74. The monoisotopic (exact) mass is 178 g/mol. The second-order valence-electron chi connectivity index (χ2n) is 3.71. The van der Waals surface area contributed by atoms with Gasteiger partial charge in [0, 0.05) is 0 Å². The molecule has 0 aromatic heterocycles. The lowest BCUT2D eigenvalue weighted by atomic mass is 10.2. The summed E-state index contributed by atoms with van der Waals surface area (Å²) in [6.45, 7) is 0. The van der Waals surface area contributed by atoms with Gasteiger partial charge in [-0.2, -0.15) is 0 Å². The zero-order valence-corrected chi connectivity index (χ0v) is 8.19. The van der Waals surface area contributed by atoms with E-state index >= 15 is 0 Å². The Morgan fingerprint density at radius 1 is 1.15 bits per heavy atom. The highest BCUT2D eigenvalue weighted by Crippen LogP contribution is 2.00. The molecule has 70 valence electrons. The van der Waals surface area contributed by atoms with Crippen molar-refractivity contribution in [2.24, 2.45) is 5.10 Å². The Kier molecular flexibility index (Phi) is 2.68. The van der Waals surface area contributed by atoms with Crippen molar-refractivity contribution in [2.75, 3.05) is 21.1 Å². The average molecular weight is 178 g/mol. The van der Waals surface area contributed by atoms with Crippen LogP contribution >= 0.6 is 0 Å². The minimum Gasteiger partial charge on any atom is -0.855 e. The van der Waals surface area contributed by atoms with Crippen LogP contribution in [0.1, 0.15) is 5.56 Å². The third kappa shape index (κ3) is 3.25. The lowest BCUT2D eigenvalue weighted by Gasteiger charge is -2.20. The first-order valence-electron chi connectivity index (χ1n) is 4.13. The SMILES string of the molecule is C[N+](C)(C)/N=C(\[O-])c1ccccc1. The lowest BCUT2D eigenvalue weighted by Crippen LogP contribution is -2.33. The fourth-order valence-electron chi connectivity index (χ4n) is 0.911. The molecule has 0 unspecified atom stereocenters. The highest BCUT2D eigenvalue weighted by atomic mass is 16.3. The fourth-order valence-corrected chi connectivity index (χ4v) is 0.911. The molecule has 1 rings (SSSR count). The first-order chi connectivity index (χ1) is 5.99. The molecule has 0 heterocycles. The van der Waals surface area contributed by atoms with Gasteiger partial charge in [-0.3, -0.25) is 0 Å². The van der Waals surface area contributed by atoms with Crippen molar-refractivity contribution in [1.82, 2.24) is 0 Å². The fraction of sp³-hybridized carbons (Fsp3) is 0.300. The smallest absolute Gasteiger partial charge is 0.0923 e. The Morgan fingerprint density at radius 2 is 1.69 bits per heavy atom. The number of nitrogens with zero attached hydrogens (tertiary/aromatic N) is 2. The van der Waals surface area contributed by atoms with Gasteiger partial charge in [0.25, 0.3) is 0 Å². The van der Waals surface area contributed by atoms with Gasteiger partial charge in [-0.1, -0.05) is 35.4 Å². The molecule has 0 saturated carbocycles. The molecule has 3 heteroatoms. The van der Waals surface area contributed by atoms with Crippen molar-refractivity contribution < 1.29 is 9.70 Å². The van der Waals surface area contributed by atoms with Crippen molar-refractivity contribution in [3.05, 3.63) is 35.9 Å². The minimum absolute atomic E-state index is 0.173. The molecule has 3 nitrogen and oxygen atoms in total. The van der Waals surface area contributed by atoms with Gasteiger partial charge in [0.05, 0.1) is 27.0 Å². The van der Waals surface area contributed by atoms with Crippen molar-refractivity contribution in [3.8, 4) is 0 Å². The van der Waals surface area contributed by atoms with E-state index in [1.165, 1.54) is 0 Å². The molecule has 0 saturated heterocycles. The summed E-state index contributed by atoms with van der Waals surface area (Å²) in [4.78, 5) is 0. The molecule has 0 atom stereocenters. The standard InChI is InChI=1S/C10H14N2O/c1-12(2,3)11-10(13)9-7-5-4-6-8-9/h4-8H,1-3H3. The van der Waals surface area contributed by atoms with Crippen LogP contribution in [0.5, 0.6) is 0 Å². The third-order valence-electron chi connectivity index (χ3n) is 1.41. The Labute approximate surface area is 78.5 Å².